The number of hydrogen-bond acceptors (Lipinski definition) is 3. The first-order valence-electron chi connectivity index (χ1n) is 7.11. The third-order valence-corrected chi connectivity index (χ3v) is 4.18. The molecule has 0 radical (unpaired) electrons. The number of ether oxygens (including phenoxy) is 1. The van der Waals surface area contributed by atoms with E-state index in [4.69, 9.17) is 4.74 Å². The van der Waals surface area contributed by atoms with Crippen molar-refractivity contribution in [2.75, 3.05) is 13.2 Å². The Labute approximate surface area is 146 Å². The number of hydrogen-bond donors (Lipinski definition) is 2. The second-order valence-corrected chi connectivity index (χ2v) is 5.78. The Morgan fingerprint density at radius 3 is 2.96 bits per heavy atom. The molecule has 1 aromatic heterocycles. The Morgan fingerprint density at radius 1 is 1.43 bits per heavy atom. The number of esters is 1. The van der Waals surface area contributed by atoms with E-state index in [0.717, 1.165) is 0 Å². The van der Waals surface area contributed by atoms with E-state index in [1.54, 1.807) is 19.1 Å². The van der Waals surface area contributed by atoms with Gasteiger partial charge in [0.25, 0.3) is 5.91 Å². The molecule has 0 atom stereocenters. The lowest BCUT2D eigenvalue weighted by molar-refractivity contribution is -0.137. The van der Waals surface area contributed by atoms with E-state index in [0.29, 0.717) is 39.7 Å². The second kappa shape index (κ2) is 8.09. The van der Waals surface area contributed by atoms with Crippen LogP contribution in [0.1, 0.15) is 23.8 Å². The molecule has 0 aliphatic rings. The third-order valence-electron chi connectivity index (χ3n) is 3.06. The number of amides is 1. The quantitative estimate of drug-likeness (QED) is 0.320. The fraction of sp³-hybridized carbons (Fsp3) is 0.250. The predicted molar refractivity (Wildman–Crippen MR) is 93.7 cm³/mol. The van der Waals surface area contributed by atoms with E-state index < -0.39 is 5.97 Å². The highest BCUT2D eigenvalue weighted by Crippen LogP contribution is 2.24. The molecule has 0 spiro atoms. The maximum absolute atomic E-state index is 13.3. The highest BCUT2D eigenvalue weighted by atomic mass is 127. The molecule has 0 saturated carbocycles. The van der Waals surface area contributed by atoms with E-state index in [2.05, 4.69) is 10.3 Å². The Balaban J connectivity index is 1.94. The number of rotatable bonds is 6. The maximum atomic E-state index is 13.3. The molecule has 122 valence electrons. The van der Waals surface area contributed by atoms with Gasteiger partial charge in [-0.15, -0.1) is 0 Å². The minimum absolute atomic E-state index is 0.268. The first kappa shape index (κ1) is 17.5. The molecular formula is C16H16FIN2O3. The van der Waals surface area contributed by atoms with E-state index in [9.17, 15) is 14.0 Å². The van der Waals surface area contributed by atoms with Crippen molar-refractivity contribution in [3.8, 4) is 0 Å². The average Bonchev–Trinajstić information content (AvgIpc) is 2.84. The van der Waals surface area contributed by atoms with Gasteiger partial charge >= 0.3 is 5.97 Å². The van der Waals surface area contributed by atoms with E-state index in [-0.39, 0.29) is 11.7 Å². The van der Waals surface area contributed by atoms with Crippen molar-refractivity contribution in [2.45, 2.75) is 13.3 Å². The number of carbonyl (C=O) groups is 2. The molecule has 1 heterocycles. The van der Waals surface area contributed by atoms with Crippen LogP contribution in [-0.4, -0.2) is 30.0 Å². The van der Waals surface area contributed by atoms with Crippen molar-refractivity contribution in [1.29, 1.82) is 0 Å². The van der Waals surface area contributed by atoms with Gasteiger partial charge in [-0.25, -0.2) is 9.18 Å². The monoisotopic (exact) mass is 430 g/mol. The fourth-order valence-electron chi connectivity index (χ4n) is 2.02. The second-order valence-electron chi connectivity index (χ2n) is 4.70. The molecular weight excluding hydrogens is 414 g/mol. The zero-order valence-electron chi connectivity index (χ0n) is 12.5. The molecule has 23 heavy (non-hydrogen) atoms. The first-order chi connectivity index (χ1) is 11.0. The Hall–Kier alpha value is -1.90. The van der Waals surface area contributed by atoms with Gasteiger partial charge in [0, 0.05) is 23.5 Å². The molecule has 0 unspecified atom stereocenters. The van der Waals surface area contributed by atoms with Crippen LogP contribution in [0.5, 0.6) is 0 Å². The van der Waals surface area contributed by atoms with Crippen molar-refractivity contribution >= 4 is 45.4 Å². The minimum Gasteiger partial charge on any atom is -0.463 e. The van der Waals surface area contributed by atoms with Gasteiger partial charge in [0.1, 0.15) is 11.5 Å². The van der Waals surface area contributed by atoms with Gasteiger partial charge < -0.3 is 15.0 Å². The normalized spacial score (nSPS) is 11.1. The molecule has 2 N–H and O–H groups in total. The summed E-state index contributed by atoms with van der Waals surface area (Å²) in [5, 5.41) is 3.43. The molecule has 2 aromatic rings. The van der Waals surface area contributed by atoms with Crippen LogP contribution in [0.2, 0.25) is 0 Å². The number of H-pyrrole nitrogens is 1. The van der Waals surface area contributed by atoms with Crippen LogP contribution >= 0.6 is 22.6 Å². The number of aromatic amines is 1. The largest absolute Gasteiger partial charge is 0.463 e. The molecule has 1 amide bonds. The predicted octanol–water partition coefficient (Wildman–Crippen LogP) is 3.15. The smallest absolute Gasteiger partial charge is 0.330 e. The lowest BCUT2D eigenvalue weighted by Crippen LogP contribution is -2.25. The van der Waals surface area contributed by atoms with Crippen molar-refractivity contribution in [2.24, 2.45) is 0 Å². The van der Waals surface area contributed by atoms with Crippen LogP contribution in [0.4, 0.5) is 4.39 Å². The summed E-state index contributed by atoms with van der Waals surface area (Å²) in [4.78, 5) is 26.3. The molecule has 1 aromatic carbocycles. The number of halogens is 2. The summed E-state index contributed by atoms with van der Waals surface area (Å²) >= 11 is 2.02. The van der Waals surface area contributed by atoms with Crippen molar-refractivity contribution in [3.05, 3.63) is 45.4 Å². The zero-order chi connectivity index (χ0) is 16.8. The van der Waals surface area contributed by atoms with Crippen LogP contribution < -0.4 is 5.32 Å². The van der Waals surface area contributed by atoms with Crippen LogP contribution in [0.25, 0.3) is 10.9 Å². The average molecular weight is 430 g/mol. The minimum atomic E-state index is -0.397. The van der Waals surface area contributed by atoms with Crippen LogP contribution in [0.15, 0.2) is 30.4 Å². The Kier molecular flexibility index (Phi) is 6.14. The lowest BCUT2D eigenvalue weighted by atomic mass is 10.2. The maximum Gasteiger partial charge on any atom is 0.330 e. The molecule has 7 heteroatoms. The van der Waals surface area contributed by atoms with Crippen molar-refractivity contribution in [3.63, 3.8) is 0 Å². The molecule has 0 aliphatic carbocycles. The number of fused-ring (bicyclic) bond motifs is 1. The van der Waals surface area contributed by atoms with Gasteiger partial charge in [-0.05, 0) is 54.1 Å². The van der Waals surface area contributed by atoms with Crippen LogP contribution in [-0.2, 0) is 9.53 Å². The summed E-state index contributed by atoms with van der Waals surface area (Å²) in [6.07, 6.45) is 3.49. The first-order valence-corrected chi connectivity index (χ1v) is 8.19. The van der Waals surface area contributed by atoms with Gasteiger partial charge in [0.05, 0.1) is 10.2 Å². The number of aromatic nitrogens is 1. The summed E-state index contributed by atoms with van der Waals surface area (Å²) in [6, 6.07) is 4.34. The lowest BCUT2D eigenvalue weighted by Gasteiger charge is -2.02. The summed E-state index contributed by atoms with van der Waals surface area (Å²) in [7, 11) is 0. The standard InChI is InChI=1S/C16H16FIN2O3/c1-2-23-13(21)5-3-4-8-19-16(22)15-14(18)11-9-10(17)6-7-12(11)20-15/h3,5-7,9,20H,2,4,8H2,1H3,(H,19,22)/b5-3+. The molecule has 0 aliphatic heterocycles. The highest BCUT2D eigenvalue weighted by Gasteiger charge is 2.15. The summed E-state index contributed by atoms with van der Waals surface area (Å²) in [6.45, 7) is 2.45. The van der Waals surface area contributed by atoms with E-state index >= 15 is 0 Å². The summed E-state index contributed by atoms with van der Waals surface area (Å²) in [5.41, 5.74) is 1.11. The fourth-order valence-corrected chi connectivity index (χ4v) is 2.84. The molecule has 0 bridgehead atoms. The molecule has 0 fully saturated rings. The number of nitrogens with one attached hydrogen (secondary N) is 2. The van der Waals surface area contributed by atoms with Crippen LogP contribution in [0.3, 0.4) is 0 Å². The van der Waals surface area contributed by atoms with Gasteiger partial charge in [-0.1, -0.05) is 6.08 Å². The van der Waals surface area contributed by atoms with Gasteiger partial charge in [0.2, 0.25) is 0 Å². The summed E-state index contributed by atoms with van der Waals surface area (Å²) < 4.78 is 18.7. The van der Waals surface area contributed by atoms with Gasteiger partial charge in [-0.3, -0.25) is 4.79 Å². The zero-order valence-corrected chi connectivity index (χ0v) is 14.6. The van der Waals surface area contributed by atoms with E-state index in [1.165, 1.54) is 18.2 Å². The molecule has 0 saturated heterocycles. The van der Waals surface area contributed by atoms with Gasteiger partial charge in [-0.2, -0.15) is 0 Å². The van der Waals surface area contributed by atoms with Crippen LogP contribution in [0, 0.1) is 9.39 Å². The third kappa shape index (κ3) is 4.54. The van der Waals surface area contributed by atoms with Gasteiger partial charge in [0.15, 0.2) is 0 Å². The molecule has 5 nitrogen and oxygen atoms in total. The Bertz CT molecular complexity index is 755. The summed E-state index contributed by atoms with van der Waals surface area (Å²) in [5.74, 6) is -1.01. The van der Waals surface area contributed by atoms with Crippen molar-refractivity contribution < 1.29 is 18.7 Å². The molecule has 2 rings (SSSR count). The SMILES string of the molecule is CCOC(=O)/C=C/CCNC(=O)c1[nH]c2ccc(F)cc2c1I. The Morgan fingerprint density at radius 2 is 2.22 bits per heavy atom. The van der Waals surface area contributed by atoms with E-state index in [1.807, 2.05) is 22.6 Å². The number of carbonyl (C=O) groups excluding carboxylic acids is 2. The topological polar surface area (TPSA) is 71.2 Å². The highest BCUT2D eigenvalue weighted by molar-refractivity contribution is 14.1. The number of benzene rings is 1. The van der Waals surface area contributed by atoms with Crippen molar-refractivity contribution in [1.82, 2.24) is 10.3 Å².